The number of amides is 1. The van der Waals surface area contributed by atoms with Crippen molar-refractivity contribution < 1.29 is 16.4 Å². The van der Waals surface area contributed by atoms with Crippen LogP contribution in [0, 0.1) is 0 Å². The zero-order valence-electron chi connectivity index (χ0n) is 12.4. The minimum atomic E-state index is -0.858. The summed E-state index contributed by atoms with van der Waals surface area (Å²) in [4.78, 5) is 11.4. The highest BCUT2D eigenvalue weighted by molar-refractivity contribution is 5.84. The Bertz CT molecular complexity index is 461. The summed E-state index contributed by atoms with van der Waals surface area (Å²) >= 11 is 0. The maximum atomic E-state index is 11.4. The lowest BCUT2D eigenvalue weighted by molar-refractivity contribution is 0.130. The number of hydrogen-bond acceptors (Lipinski definition) is 2. The van der Waals surface area contributed by atoms with Crippen LogP contribution in [0.1, 0.15) is 20.7 Å². The van der Waals surface area contributed by atoms with Crippen molar-refractivity contribution in [3.05, 3.63) is 30.2 Å². The van der Waals surface area contributed by atoms with Gasteiger partial charge in [-0.15, -0.1) is 0 Å². The van der Waals surface area contributed by atoms with E-state index in [9.17, 15) is 4.79 Å². The Labute approximate surface area is 84.7 Å². The van der Waals surface area contributed by atoms with E-state index in [1.165, 1.54) is 0 Å². The third-order valence-electron chi connectivity index (χ3n) is 1.07. The van der Waals surface area contributed by atoms with Crippen LogP contribution in [0.4, 0.5) is 10.5 Å². The van der Waals surface area contributed by atoms with E-state index in [0.717, 1.165) is 0 Å². The molecule has 3 nitrogen and oxygen atoms in total. The van der Waals surface area contributed by atoms with Crippen molar-refractivity contribution in [1.29, 1.82) is 0 Å². The molecule has 0 aliphatic carbocycles. The van der Waals surface area contributed by atoms with Gasteiger partial charge in [0.15, 0.2) is 0 Å². The fraction of sp³-hybridized carbons (Fsp3) is 0.300. The minimum Gasteiger partial charge on any atom is -0.447 e. The van der Waals surface area contributed by atoms with Gasteiger partial charge in [-0.2, -0.15) is 0 Å². The molecule has 1 amide bonds. The molecule has 0 aliphatic rings. The fourth-order valence-electron chi connectivity index (χ4n) is 0.658. The predicted molar refractivity (Wildman–Crippen MR) is 51.7 cm³/mol. The van der Waals surface area contributed by atoms with Gasteiger partial charge < -0.3 is 4.74 Å². The number of ether oxygens (including phenoxy) is 1. The van der Waals surface area contributed by atoms with Crippen LogP contribution >= 0.6 is 0 Å². The first kappa shape index (κ1) is 4.65. The molecular formula is C10H13NO2. The quantitative estimate of drug-likeness (QED) is 0.767. The monoisotopic (exact) mass is 184 g/mol. The van der Waals surface area contributed by atoms with Crippen LogP contribution in [0.25, 0.3) is 0 Å². The number of anilines is 1. The van der Waals surface area contributed by atoms with Crippen molar-refractivity contribution in [1.82, 2.24) is 0 Å². The van der Waals surface area contributed by atoms with Gasteiger partial charge in [-0.05, 0) is 25.9 Å². The van der Waals surface area contributed by atoms with Gasteiger partial charge in [0.05, 0.1) is 13.0 Å². The number of hydrogen-bond donors (Lipinski definition) is 1. The first-order chi connectivity index (χ1) is 8.25. The predicted octanol–water partition coefficient (Wildman–Crippen LogP) is 2.64. The molecular weight excluding hydrogens is 166 g/mol. The van der Waals surface area contributed by atoms with Crippen LogP contribution in [0.2, 0.25) is 0 Å². The molecule has 13 heavy (non-hydrogen) atoms. The summed E-state index contributed by atoms with van der Waals surface area (Å²) in [6.45, 7) is 3.28. The van der Waals surface area contributed by atoms with E-state index in [1.807, 2.05) is 0 Å². The molecule has 0 unspecified atom stereocenters. The second-order valence-corrected chi connectivity index (χ2v) is 2.58. The number of rotatable bonds is 2. The standard InChI is InChI=1S/C10H13NO2/c1-8(2)13-10(12)11-9-6-4-3-5-7-9/h3-8H,1-2H3,(H,11,12)/i3D,4D,5D,6D,7D. The molecule has 0 aromatic heterocycles. The Balaban J connectivity index is 3.14. The van der Waals surface area contributed by atoms with Crippen molar-refractivity contribution in [3.63, 3.8) is 0 Å². The van der Waals surface area contributed by atoms with Gasteiger partial charge in [-0.3, -0.25) is 5.32 Å². The molecule has 1 aromatic rings. The van der Waals surface area contributed by atoms with E-state index in [-0.39, 0.29) is 11.8 Å². The molecule has 0 fully saturated rings. The number of para-hydroxylation sites is 1. The number of nitrogens with one attached hydrogen (secondary N) is 1. The van der Waals surface area contributed by atoms with Crippen LogP contribution in [0.15, 0.2) is 30.2 Å². The van der Waals surface area contributed by atoms with E-state index in [4.69, 9.17) is 11.6 Å². The van der Waals surface area contributed by atoms with Crippen molar-refractivity contribution in [2.24, 2.45) is 0 Å². The Morgan fingerprint density at radius 1 is 1.46 bits per heavy atom. The molecule has 0 radical (unpaired) electrons. The lowest BCUT2D eigenvalue weighted by Crippen LogP contribution is -2.17. The second kappa shape index (κ2) is 4.50. The molecule has 0 spiro atoms. The molecule has 1 N–H and O–H groups in total. The summed E-state index contributed by atoms with van der Waals surface area (Å²) in [5.74, 6) is 0. The number of carbonyl (C=O) groups is 1. The Morgan fingerprint density at radius 3 is 2.62 bits per heavy atom. The molecule has 3 heteroatoms. The Kier molecular flexibility index (Phi) is 1.61. The first-order valence-corrected chi connectivity index (χ1v) is 3.80. The first-order valence-electron chi connectivity index (χ1n) is 6.30. The maximum Gasteiger partial charge on any atom is 0.411 e. The smallest absolute Gasteiger partial charge is 0.411 e. The van der Waals surface area contributed by atoms with Gasteiger partial charge in [-0.1, -0.05) is 18.1 Å². The molecule has 0 saturated heterocycles. The van der Waals surface area contributed by atoms with Crippen molar-refractivity contribution in [2.45, 2.75) is 20.0 Å². The molecule has 1 aromatic carbocycles. The van der Waals surface area contributed by atoms with Gasteiger partial charge in [0, 0.05) is 5.69 Å². The van der Waals surface area contributed by atoms with Crippen LogP contribution in [0.3, 0.4) is 0 Å². The zero-order chi connectivity index (χ0) is 14.0. The topological polar surface area (TPSA) is 38.3 Å². The molecule has 70 valence electrons. The van der Waals surface area contributed by atoms with Crippen LogP contribution in [-0.2, 0) is 4.74 Å². The van der Waals surface area contributed by atoms with E-state index >= 15 is 0 Å². The summed E-state index contributed by atoms with van der Waals surface area (Å²) in [6, 6.07) is -2.46. The summed E-state index contributed by atoms with van der Waals surface area (Å²) in [5.41, 5.74) is -0.286. The third kappa shape index (κ3) is 3.60. The third-order valence-corrected chi connectivity index (χ3v) is 1.07. The molecule has 0 aliphatic heterocycles. The average Bonchev–Trinajstić information content (AvgIpc) is 2.29. The van der Waals surface area contributed by atoms with E-state index in [2.05, 4.69) is 5.32 Å². The SMILES string of the molecule is [2H]c1c([2H])c([2H])c(NC(=O)OC(C)C)c([2H])c1[2H]. The molecule has 0 bridgehead atoms. The van der Waals surface area contributed by atoms with Gasteiger partial charge in [-0.25, -0.2) is 4.79 Å². The van der Waals surface area contributed by atoms with Gasteiger partial charge in [0.2, 0.25) is 0 Å². The highest BCUT2D eigenvalue weighted by atomic mass is 16.6. The highest BCUT2D eigenvalue weighted by Crippen LogP contribution is 2.05. The number of carbonyl (C=O) groups excluding carboxylic acids is 1. The van der Waals surface area contributed by atoms with E-state index < -0.39 is 36.3 Å². The average molecular weight is 184 g/mol. The van der Waals surface area contributed by atoms with Gasteiger partial charge in [0.1, 0.15) is 0 Å². The Hall–Kier alpha value is -1.51. The normalized spacial score (nSPS) is 15.2. The molecule has 1 rings (SSSR count). The molecule has 0 saturated carbocycles. The lowest BCUT2D eigenvalue weighted by Gasteiger charge is -2.08. The maximum absolute atomic E-state index is 11.4. The van der Waals surface area contributed by atoms with Crippen LogP contribution < -0.4 is 5.32 Å². The zero-order valence-corrected chi connectivity index (χ0v) is 7.39. The number of benzene rings is 1. The summed E-state index contributed by atoms with van der Waals surface area (Å²) in [6.07, 6.45) is -1.22. The molecule has 0 heterocycles. The largest absolute Gasteiger partial charge is 0.447 e. The second-order valence-electron chi connectivity index (χ2n) is 2.58. The van der Waals surface area contributed by atoms with Crippen molar-refractivity contribution in [2.75, 3.05) is 5.32 Å². The summed E-state index contributed by atoms with van der Waals surface area (Å²) < 4.78 is 42.2. The fourth-order valence-corrected chi connectivity index (χ4v) is 0.658. The minimum absolute atomic E-state index is 0.286. The van der Waals surface area contributed by atoms with Crippen LogP contribution in [0.5, 0.6) is 0 Å². The lowest BCUT2D eigenvalue weighted by atomic mass is 10.3. The van der Waals surface area contributed by atoms with Crippen molar-refractivity contribution in [3.8, 4) is 0 Å². The van der Waals surface area contributed by atoms with Gasteiger partial charge >= 0.3 is 6.09 Å². The van der Waals surface area contributed by atoms with E-state index in [1.54, 1.807) is 13.8 Å². The summed E-state index contributed by atoms with van der Waals surface area (Å²) in [5, 5.41) is 2.16. The van der Waals surface area contributed by atoms with E-state index in [0.29, 0.717) is 0 Å². The van der Waals surface area contributed by atoms with Crippen molar-refractivity contribution >= 4 is 11.8 Å². The molecule has 0 atom stereocenters. The van der Waals surface area contributed by atoms with Gasteiger partial charge in [0.25, 0.3) is 0 Å². The van der Waals surface area contributed by atoms with Crippen LogP contribution in [-0.4, -0.2) is 12.2 Å². The highest BCUT2D eigenvalue weighted by Gasteiger charge is 2.03. The Morgan fingerprint density at radius 2 is 2.08 bits per heavy atom. The summed E-state index contributed by atoms with van der Waals surface area (Å²) in [7, 11) is 0.